The minimum atomic E-state index is -5.01. The molecule has 1 heterocycles. The van der Waals surface area contributed by atoms with E-state index in [0.29, 0.717) is 0 Å². The normalized spacial score (nSPS) is 12.3. The minimum Gasteiger partial charge on any atom is -0.253 e. The maximum absolute atomic E-state index is 12.9. The predicted molar refractivity (Wildman–Crippen MR) is 39.2 cm³/mol. The van der Waals surface area contributed by atoms with E-state index in [2.05, 4.69) is 4.98 Å². The number of pyridine rings is 1. The van der Waals surface area contributed by atoms with Gasteiger partial charge < -0.3 is 0 Å². The summed E-state index contributed by atoms with van der Waals surface area (Å²) in [6.45, 7) is 0. The zero-order chi connectivity index (χ0) is 11.8. The molecule has 1 rings (SSSR count). The number of alkyl halides is 5. The molecule has 0 fully saturated rings. The molecule has 0 saturated heterocycles. The quantitative estimate of drug-likeness (QED) is 0.689. The van der Waals surface area contributed by atoms with Crippen LogP contribution in [0, 0.1) is 5.82 Å². The third kappa shape index (κ3) is 2.34. The van der Waals surface area contributed by atoms with Gasteiger partial charge >= 0.3 is 6.18 Å². The Labute approximate surface area is 84.7 Å². The molecule has 0 spiro atoms. The smallest absolute Gasteiger partial charge is 0.253 e. The SMILES string of the molecule is Fc1c(C(F)(F)F)cnc(C(F)F)c1Cl. The van der Waals surface area contributed by atoms with Crippen LogP contribution in [0.25, 0.3) is 0 Å². The highest BCUT2D eigenvalue weighted by Gasteiger charge is 2.37. The first-order valence-corrected chi connectivity index (χ1v) is 3.82. The summed E-state index contributed by atoms with van der Waals surface area (Å²) in [6, 6.07) is 0. The topological polar surface area (TPSA) is 12.9 Å². The fraction of sp³-hybridized carbons (Fsp3) is 0.286. The molecule has 1 aromatic rings. The van der Waals surface area contributed by atoms with Crippen molar-refractivity contribution < 1.29 is 26.3 Å². The number of aromatic nitrogens is 1. The fourth-order valence-electron chi connectivity index (χ4n) is 0.828. The van der Waals surface area contributed by atoms with Crippen molar-refractivity contribution in [3.63, 3.8) is 0 Å². The molecule has 0 saturated carbocycles. The van der Waals surface area contributed by atoms with Gasteiger partial charge in [-0.2, -0.15) is 13.2 Å². The second-order valence-electron chi connectivity index (χ2n) is 2.48. The average molecular weight is 250 g/mol. The van der Waals surface area contributed by atoms with E-state index in [1.165, 1.54) is 0 Å². The van der Waals surface area contributed by atoms with Gasteiger partial charge in [0.25, 0.3) is 6.43 Å². The van der Waals surface area contributed by atoms with E-state index in [-0.39, 0.29) is 6.20 Å². The molecule has 0 amide bonds. The Hall–Kier alpha value is -0.980. The first-order valence-electron chi connectivity index (χ1n) is 3.44. The summed E-state index contributed by atoms with van der Waals surface area (Å²) in [4.78, 5) is 2.76. The molecule has 15 heavy (non-hydrogen) atoms. The number of nitrogens with zero attached hydrogens (tertiary/aromatic N) is 1. The van der Waals surface area contributed by atoms with Crippen molar-refractivity contribution in [2.45, 2.75) is 12.6 Å². The van der Waals surface area contributed by atoms with Gasteiger partial charge in [0.15, 0.2) is 5.82 Å². The zero-order valence-corrected chi connectivity index (χ0v) is 7.50. The lowest BCUT2D eigenvalue weighted by atomic mass is 10.2. The van der Waals surface area contributed by atoms with E-state index in [0.717, 1.165) is 0 Å². The monoisotopic (exact) mass is 249 g/mol. The van der Waals surface area contributed by atoms with Crippen LogP contribution in [-0.4, -0.2) is 4.98 Å². The van der Waals surface area contributed by atoms with Crippen LogP contribution in [0.5, 0.6) is 0 Å². The Balaban J connectivity index is 3.34. The van der Waals surface area contributed by atoms with Crippen LogP contribution in [-0.2, 0) is 6.18 Å². The Bertz CT molecular complexity index is 374. The highest BCUT2D eigenvalue weighted by Crippen LogP contribution is 2.36. The average Bonchev–Trinajstić information content (AvgIpc) is 2.06. The lowest BCUT2D eigenvalue weighted by Gasteiger charge is -2.10. The summed E-state index contributed by atoms with van der Waals surface area (Å²) in [7, 11) is 0. The highest BCUT2D eigenvalue weighted by atomic mass is 35.5. The van der Waals surface area contributed by atoms with E-state index in [1.54, 1.807) is 0 Å². The molecule has 1 aromatic heterocycles. The Morgan fingerprint density at radius 3 is 2.20 bits per heavy atom. The number of hydrogen-bond donors (Lipinski definition) is 0. The van der Waals surface area contributed by atoms with Crippen molar-refractivity contribution in [2.24, 2.45) is 0 Å². The first kappa shape index (κ1) is 12.1. The summed E-state index contributed by atoms with van der Waals surface area (Å²) in [5, 5.41) is -1.31. The van der Waals surface area contributed by atoms with Gasteiger partial charge in [-0.3, -0.25) is 4.98 Å². The van der Waals surface area contributed by atoms with Gasteiger partial charge in [0.2, 0.25) is 0 Å². The Kier molecular flexibility index (Phi) is 3.13. The van der Waals surface area contributed by atoms with Crippen LogP contribution in [0.1, 0.15) is 17.7 Å². The molecule has 0 atom stereocenters. The Morgan fingerprint density at radius 2 is 1.80 bits per heavy atom. The van der Waals surface area contributed by atoms with Crippen molar-refractivity contribution in [1.29, 1.82) is 0 Å². The van der Waals surface area contributed by atoms with E-state index >= 15 is 0 Å². The van der Waals surface area contributed by atoms with Crippen LogP contribution in [0.2, 0.25) is 5.02 Å². The standard InChI is InChI=1S/C7H2ClF6N/c8-3-4(9)2(7(12,13)14)1-15-5(3)6(10)11/h1,6H. The van der Waals surface area contributed by atoms with E-state index in [9.17, 15) is 26.3 Å². The van der Waals surface area contributed by atoms with Crippen molar-refractivity contribution in [3.8, 4) is 0 Å². The third-order valence-corrected chi connectivity index (χ3v) is 1.86. The summed E-state index contributed by atoms with van der Waals surface area (Å²) in [5.74, 6) is -1.94. The van der Waals surface area contributed by atoms with Crippen molar-refractivity contribution in [2.75, 3.05) is 0 Å². The van der Waals surface area contributed by atoms with Crippen molar-refractivity contribution in [1.82, 2.24) is 4.98 Å². The lowest BCUT2D eigenvalue weighted by Crippen LogP contribution is -2.11. The molecule has 0 N–H and O–H groups in total. The van der Waals surface area contributed by atoms with Gasteiger partial charge in [-0.25, -0.2) is 13.2 Å². The first-order chi connectivity index (χ1) is 6.75. The third-order valence-electron chi connectivity index (χ3n) is 1.50. The maximum Gasteiger partial charge on any atom is 0.420 e. The molecular formula is C7H2ClF6N. The molecule has 8 heteroatoms. The highest BCUT2D eigenvalue weighted by molar-refractivity contribution is 6.31. The lowest BCUT2D eigenvalue weighted by molar-refractivity contribution is -0.140. The number of halogens is 7. The summed E-state index contributed by atoms with van der Waals surface area (Å²) < 4.78 is 73.1. The summed E-state index contributed by atoms with van der Waals surface area (Å²) in [5.41, 5.74) is -2.97. The largest absolute Gasteiger partial charge is 0.420 e. The van der Waals surface area contributed by atoms with Crippen molar-refractivity contribution in [3.05, 3.63) is 28.3 Å². The fourth-order valence-corrected chi connectivity index (χ4v) is 1.06. The van der Waals surface area contributed by atoms with E-state index < -0.39 is 34.7 Å². The number of hydrogen-bond acceptors (Lipinski definition) is 1. The van der Waals surface area contributed by atoms with Gasteiger partial charge in [-0.05, 0) is 0 Å². The molecule has 84 valence electrons. The van der Waals surface area contributed by atoms with E-state index in [4.69, 9.17) is 11.6 Å². The van der Waals surface area contributed by atoms with Crippen molar-refractivity contribution >= 4 is 11.6 Å². The van der Waals surface area contributed by atoms with Crippen LogP contribution in [0.3, 0.4) is 0 Å². The molecule has 0 radical (unpaired) electrons. The van der Waals surface area contributed by atoms with Crippen LogP contribution >= 0.6 is 11.6 Å². The van der Waals surface area contributed by atoms with Crippen LogP contribution in [0.4, 0.5) is 26.3 Å². The maximum atomic E-state index is 12.9. The predicted octanol–water partition coefficient (Wildman–Crippen LogP) is 3.83. The second-order valence-corrected chi connectivity index (χ2v) is 2.86. The molecule has 0 bridgehead atoms. The van der Waals surface area contributed by atoms with E-state index in [1.807, 2.05) is 0 Å². The summed E-state index contributed by atoms with van der Waals surface area (Å²) in [6.07, 6.45) is -8.25. The molecule has 0 aliphatic heterocycles. The van der Waals surface area contributed by atoms with Crippen LogP contribution < -0.4 is 0 Å². The second kappa shape index (κ2) is 3.88. The summed E-state index contributed by atoms with van der Waals surface area (Å²) >= 11 is 4.98. The molecule has 0 aromatic carbocycles. The van der Waals surface area contributed by atoms with Crippen LogP contribution in [0.15, 0.2) is 6.20 Å². The molecule has 0 aliphatic carbocycles. The van der Waals surface area contributed by atoms with Gasteiger partial charge in [0.05, 0.1) is 0 Å². The number of rotatable bonds is 1. The zero-order valence-electron chi connectivity index (χ0n) is 6.75. The Morgan fingerprint density at radius 1 is 1.27 bits per heavy atom. The molecule has 0 unspecified atom stereocenters. The van der Waals surface area contributed by atoms with Gasteiger partial charge in [-0.1, -0.05) is 11.6 Å². The molecule has 0 aliphatic rings. The van der Waals surface area contributed by atoms with Gasteiger partial charge in [0, 0.05) is 6.20 Å². The minimum absolute atomic E-state index is 0.0112. The van der Waals surface area contributed by atoms with Gasteiger partial charge in [-0.15, -0.1) is 0 Å². The molecular weight excluding hydrogens is 248 g/mol. The molecule has 1 nitrogen and oxygen atoms in total. The van der Waals surface area contributed by atoms with Gasteiger partial charge in [0.1, 0.15) is 16.3 Å².